The van der Waals surface area contributed by atoms with Gasteiger partial charge in [0.05, 0.1) is 6.10 Å². The van der Waals surface area contributed by atoms with Crippen molar-refractivity contribution in [2.45, 2.75) is 107 Å². The van der Waals surface area contributed by atoms with E-state index < -0.39 is 67.7 Å². The van der Waals surface area contributed by atoms with Crippen molar-refractivity contribution in [2.75, 3.05) is 0 Å². The fourth-order valence-electron chi connectivity index (χ4n) is 5.59. The summed E-state index contributed by atoms with van der Waals surface area (Å²) in [4.78, 5) is 2.06. The van der Waals surface area contributed by atoms with Gasteiger partial charge >= 0.3 is 6.11 Å². The second-order valence-corrected chi connectivity index (χ2v) is 10.8. The van der Waals surface area contributed by atoms with Crippen molar-refractivity contribution in [3.63, 3.8) is 0 Å². The molecule has 0 radical (unpaired) electrons. The summed E-state index contributed by atoms with van der Waals surface area (Å²) in [6.45, 7) is 2.14. The van der Waals surface area contributed by atoms with E-state index in [4.69, 9.17) is 0 Å². The van der Waals surface area contributed by atoms with Crippen LogP contribution in [-0.4, -0.2) is 43.1 Å². The van der Waals surface area contributed by atoms with Gasteiger partial charge in [-0.3, -0.25) is 0 Å². The summed E-state index contributed by atoms with van der Waals surface area (Å²) in [5, 5.41) is 0. The van der Waals surface area contributed by atoms with Gasteiger partial charge in [0.25, 0.3) is 0 Å². The third kappa shape index (κ3) is 4.84. The van der Waals surface area contributed by atoms with Gasteiger partial charge in [-0.05, 0) is 49.1 Å². The number of thiophene rings is 1. The molecular weight excluding hydrogens is 457 g/mol. The zero-order valence-electron chi connectivity index (χ0n) is 17.9. The summed E-state index contributed by atoms with van der Waals surface area (Å²) < 4.78 is 104. The molecule has 1 aromatic rings. The van der Waals surface area contributed by atoms with Crippen LogP contribution in [-0.2, 0) is 17.6 Å². The largest absolute Gasteiger partial charge is 0.364 e. The molecule has 2 fully saturated rings. The number of fused-ring (bicyclic) bond motifs is 1. The van der Waals surface area contributed by atoms with E-state index in [1.165, 1.54) is 21.8 Å². The standard InChI is InChI=1S/C23H29F7OS/c1-2-3-11-4-12-8-20(32-19(12)5-11)13-6-15(24)21(16(25)7-13)23(29,30)31-14-9-17(26)22(28)18(27)10-14/h8,11,13-18,21-22H,2-7,9-10H2,1H3. The molecule has 0 spiro atoms. The summed E-state index contributed by atoms with van der Waals surface area (Å²) in [7, 11) is 0. The van der Waals surface area contributed by atoms with Gasteiger partial charge in [-0.15, -0.1) is 11.3 Å². The lowest BCUT2D eigenvalue weighted by Crippen LogP contribution is -2.51. The first-order chi connectivity index (χ1) is 15.1. The predicted molar refractivity (Wildman–Crippen MR) is 109 cm³/mol. The molecule has 0 amide bonds. The minimum atomic E-state index is -4.23. The molecule has 3 aliphatic rings. The molecule has 9 heteroatoms. The monoisotopic (exact) mass is 486 g/mol. The zero-order valence-corrected chi connectivity index (χ0v) is 18.7. The molecule has 0 aromatic carbocycles. The Morgan fingerprint density at radius 2 is 1.56 bits per heavy atom. The molecule has 182 valence electrons. The van der Waals surface area contributed by atoms with E-state index in [0.717, 1.165) is 30.6 Å². The lowest BCUT2D eigenvalue weighted by atomic mass is 9.77. The predicted octanol–water partition coefficient (Wildman–Crippen LogP) is 7.22. The van der Waals surface area contributed by atoms with E-state index in [-0.39, 0.29) is 12.8 Å². The zero-order chi connectivity index (χ0) is 23.2. The van der Waals surface area contributed by atoms with Gasteiger partial charge in [0.15, 0.2) is 6.17 Å². The topological polar surface area (TPSA) is 9.23 Å². The minimum Gasteiger partial charge on any atom is -0.317 e. The molecule has 0 N–H and O–H groups in total. The van der Waals surface area contributed by atoms with Crippen LogP contribution < -0.4 is 0 Å². The number of halogens is 7. The highest BCUT2D eigenvalue weighted by molar-refractivity contribution is 7.12. The van der Waals surface area contributed by atoms with Crippen LogP contribution in [0.15, 0.2) is 6.07 Å². The average molecular weight is 487 g/mol. The van der Waals surface area contributed by atoms with Gasteiger partial charge in [0, 0.05) is 22.6 Å². The van der Waals surface area contributed by atoms with E-state index in [0.29, 0.717) is 5.92 Å². The summed E-state index contributed by atoms with van der Waals surface area (Å²) in [5.41, 5.74) is 1.20. The average Bonchev–Trinajstić information content (AvgIpc) is 3.24. The van der Waals surface area contributed by atoms with Gasteiger partial charge in [0.2, 0.25) is 0 Å². The number of alkyl halides is 7. The van der Waals surface area contributed by atoms with Crippen LogP contribution in [0.5, 0.6) is 0 Å². The van der Waals surface area contributed by atoms with Crippen LogP contribution in [0.25, 0.3) is 0 Å². The van der Waals surface area contributed by atoms with Crippen LogP contribution in [0.3, 0.4) is 0 Å². The van der Waals surface area contributed by atoms with E-state index in [9.17, 15) is 30.7 Å². The summed E-state index contributed by atoms with van der Waals surface area (Å²) in [5.74, 6) is -2.23. The Balaban J connectivity index is 1.39. The van der Waals surface area contributed by atoms with E-state index in [1.54, 1.807) is 0 Å². The second-order valence-electron chi connectivity index (χ2n) is 9.64. The number of hydrogen-bond donors (Lipinski definition) is 0. The summed E-state index contributed by atoms with van der Waals surface area (Å²) >= 11 is 1.53. The maximum atomic E-state index is 14.9. The van der Waals surface area contributed by atoms with Gasteiger partial charge in [-0.2, -0.15) is 8.78 Å². The van der Waals surface area contributed by atoms with E-state index >= 15 is 0 Å². The van der Waals surface area contributed by atoms with Crippen LogP contribution in [0.1, 0.15) is 66.7 Å². The van der Waals surface area contributed by atoms with Crippen LogP contribution in [0.4, 0.5) is 30.7 Å². The molecule has 5 unspecified atom stereocenters. The van der Waals surface area contributed by atoms with Gasteiger partial charge in [-0.25, -0.2) is 22.0 Å². The fourth-order valence-corrected chi connectivity index (χ4v) is 7.03. The molecule has 2 saturated carbocycles. The molecule has 5 atom stereocenters. The first-order valence-corrected chi connectivity index (χ1v) is 12.3. The van der Waals surface area contributed by atoms with E-state index in [1.807, 2.05) is 6.07 Å². The van der Waals surface area contributed by atoms with Gasteiger partial charge in [-0.1, -0.05) is 19.8 Å². The Morgan fingerprint density at radius 1 is 0.938 bits per heavy atom. The molecule has 32 heavy (non-hydrogen) atoms. The van der Waals surface area contributed by atoms with Crippen molar-refractivity contribution in [1.29, 1.82) is 0 Å². The maximum absolute atomic E-state index is 14.9. The van der Waals surface area contributed by atoms with Crippen LogP contribution in [0.2, 0.25) is 0 Å². The van der Waals surface area contributed by atoms with Crippen molar-refractivity contribution < 1.29 is 35.5 Å². The quantitative estimate of drug-likeness (QED) is 0.386. The molecule has 4 rings (SSSR count). The van der Waals surface area contributed by atoms with Crippen molar-refractivity contribution in [3.05, 3.63) is 21.4 Å². The maximum Gasteiger partial charge on any atom is 0.364 e. The molecule has 3 aliphatic carbocycles. The second kappa shape index (κ2) is 9.43. The van der Waals surface area contributed by atoms with Crippen LogP contribution in [0, 0.1) is 11.8 Å². The molecular formula is C23H29F7OS. The first kappa shape index (κ1) is 24.3. The third-order valence-corrected chi connectivity index (χ3v) is 8.54. The third-order valence-electron chi connectivity index (χ3n) is 7.18. The van der Waals surface area contributed by atoms with Gasteiger partial charge < -0.3 is 4.74 Å². The SMILES string of the molecule is CCCC1Cc2cc(C3CC(F)C(C(F)(F)OC4CC(F)C(F)C(F)C4)C(F)C3)sc2C1. The molecule has 0 aliphatic heterocycles. The lowest BCUT2D eigenvalue weighted by molar-refractivity contribution is -0.321. The lowest BCUT2D eigenvalue weighted by Gasteiger charge is -2.40. The number of rotatable bonds is 6. The van der Waals surface area contributed by atoms with Crippen molar-refractivity contribution in [2.24, 2.45) is 11.8 Å². The Bertz CT molecular complexity index is 739. The highest BCUT2D eigenvalue weighted by Crippen LogP contribution is 2.49. The minimum absolute atomic E-state index is 0.253. The Labute approximate surface area is 187 Å². The van der Waals surface area contributed by atoms with E-state index in [2.05, 4.69) is 11.7 Å². The number of ether oxygens (including phenoxy) is 1. The fraction of sp³-hybridized carbons (Fsp3) is 0.826. The van der Waals surface area contributed by atoms with Crippen molar-refractivity contribution >= 4 is 11.3 Å². The smallest absolute Gasteiger partial charge is 0.317 e. The molecule has 0 saturated heterocycles. The number of hydrogen-bond acceptors (Lipinski definition) is 2. The van der Waals surface area contributed by atoms with Crippen molar-refractivity contribution in [1.82, 2.24) is 0 Å². The first-order valence-electron chi connectivity index (χ1n) is 11.5. The molecule has 1 aromatic heterocycles. The Morgan fingerprint density at radius 3 is 2.12 bits per heavy atom. The Hall–Kier alpha value is -0.830. The summed E-state index contributed by atoms with van der Waals surface area (Å²) in [6, 6.07) is 1.98. The molecule has 0 bridgehead atoms. The normalized spacial score (nSPS) is 40.4. The van der Waals surface area contributed by atoms with Gasteiger partial charge in [0.1, 0.15) is 30.6 Å². The summed E-state index contributed by atoms with van der Waals surface area (Å²) in [6.07, 6.45) is -15.0. The van der Waals surface area contributed by atoms with Crippen molar-refractivity contribution in [3.8, 4) is 0 Å². The van der Waals surface area contributed by atoms with Crippen LogP contribution >= 0.6 is 11.3 Å². The Kier molecular flexibility index (Phi) is 7.16. The highest BCUT2D eigenvalue weighted by atomic mass is 32.1. The highest BCUT2D eigenvalue weighted by Gasteiger charge is 2.56. The molecule has 1 nitrogen and oxygen atoms in total. The molecule has 1 heterocycles.